The Morgan fingerprint density at radius 2 is 0.931 bits per heavy atom. The van der Waals surface area contributed by atoms with E-state index in [4.69, 9.17) is 4.18 Å². The molecule has 3 aromatic carbocycles. The molecule has 0 aliphatic rings. The Morgan fingerprint density at radius 1 is 0.621 bits per heavy atom. The van der Waals surface area contributed by atoms with Gasteiger partial charge in [0.2, 0.25) is 0 Å². The summed E-state index contributed by atoms with van der Waals surface area (Å²) in [5, 5.41) is 0. The molecule has 0 aromatic heterocycles. The van der Waals surface area contributed by atoms with E-state index < -0.39 is 28.4 Å². The number of alkyl halides is 5. The lowest BCUT2D eigenvalue weighted by Gasteiger charge is -2.40. The molecule has 0 unspecified atom stereocenters. The highest BCUT2D eigenvalue weighted by molar-refractivity contribution is 8.30. The molecule has 0 spiro atoms. The van der Waals surface area contributed by atoms with E-state index in [1.165, 1.54) is 36.4 Å². The van der Waals surface area contributed by atoms with Gasteiger partial charge in [-0.3, -0.25) is 0 Å². The number of carbonyl (C=O) groups is 1. The third kappa shape index (κ3) is 3.85. The van der Waals surface area contributed by atoms with Crippen LogP contribution in [0.4, 0.5) is 22.0 Å². The second kappa shape index (κ2) is 7.87. The molecule has 0 atom stereocenters. The molecule has 29 heavy (non-hydrogen) atoms. The second-order valence-electron chi connectivity index (χ2n) is 5.94. The summed E-state index contributed by atoms with van der Waals surface area (Å²) in [5.41, 5.74) is 0. The molecule has 2 nitrogen and oxygen atoms in total. The van der Waals surface area contributed by atoms with Crippen molar-refractivity contribution < 1.29 is 30.9 Å². The van der Waals surface area contributed by atoms with E-state index in [0.717, 1.165) is 0 Å². The number of halogens is 5. The highest BCUT2D eigenvalue weighted by Gasteiger charge is 2.66. The van der Waals surface area contributed by atoms with Gasteiger partial charge in [0, 0.05) is 14.7 Å². The van der Waals surface area contributed by atoms with E-state index in [0.29, 0.717) is 14.7 Å². The summed E-state index contributed by atoms with van der Waals surface area (Å²) < 4.78 is 71.3. The Balaban J connectivity index is 2.27. The van der Waals surface area contributed by atoms with Crippen molar-refractivity contribution in [3.05, 3.63) is 91.0 Å². The molecule has 0 aliphatic carbocycles. The third-order valence-electron chi connectivity index (χ3n) is 4.04. The first-order valence-corrected chi connectivity index (χ1v) is 9.92. The van der Waals surface area contributed by atoms with Crippen LogP contribution >= 0.6 is 10.3 Å². The normalized spacial score (nSPS) is 13.0. The van der Waals surface area contributed by atoms with Gasteiger partial charge in [-0.15, -0.1) is 0 Å². The third-order valence-corrected chi connectivity index (χ3v) is 7.25. The second-order valence-corrected chi connectivity index (χ2v) is 8.63. The van der Waals surface area contributed by atoms with Crippen LogP contribution in [-0.2, 0) is 8.98 Å². The van der Waals surface area contributed by atoms with E-state index >= 15 is 0 Å². The number of hydrogen-bond acceptors (Lipinski definition) is 2. The summed E-state index contributed by atoms with van der Waals surface area (Å²) >= 11 is 0. The van der Waals surface area contributed by atoms with Crippen LogP contribution in [0, 0.1) is 0 Å². The molecular formula is C21H15F5O2S. The monoisotopic (exact) mass is 426 g/mol. The summed E-state index contributed by atoms with van der Waals surface area (Å²) in [6.07, 6.45) is -6.07. The van der Waals surface area contributed by atoms with Crippen LogP contribution in [0.5, 0.6) is 0 Å². The topological polar surface area (TPSA) is 26.3 Å². The lowest BCUT2D eigenvalue weighted by atomic mass is 10.3. The van der Waals surface area contributed by atoms with Gasteiger partial charge in [-0.05, 0) is 46.7 Å². The van der Waals surface area contributed by atoms with Crippen molar-refractivity contribution in [2.24, 2.45) is 0 Å². The summed E-state index contributed by atoms with van der Waals surface area (Å²) in [4.78, 5) is 13.1. The summed E-state index contributed by atoms with van der Waals surface area (Å²) in [6.45, 7) is 0. The average molecular weight is 426 g/mol. The number of rotatable bonds is 5. The standard InChI is InChI=1S/C21H15F5O2S/c22-20(23,21(24,25)26)19(27)28-29(16-10-4-1-5-11-16,17-12-6-2-7-13-17)18-14-8-3-9-15-18/h1-15H. The van der Waals surface area contributed by atoms with E-state index in [9.17, 15) is 26.7 Å². The van der Waals surface area contributed by atoms with Gasteiger partial charge >= 0.3 is 18.1 Å². The molecule has 0 saturated carbocycles. The fraction of sp³-hybridized carbons (Fsp3) is 0.0952. The molecular weight excluding hydrogens is 411 g/mol. The fourth-order valence-corrected chi connectivity index (χ4v) is 5.73. The van der Waals surface area contributed by atoms with Crippen LogP contribution in [0.1, 0.15) is 0 Å². The predicted octanol–water partition coefficient (Wildman–Crippen LogP) is 6.62. The summed E-state index contributed by atoms with van der Waals surface area (Å²) in [6, 6.07) is 23.8. The summed E-state index contributed by atoms with van der Waals surface area (Å²) in [7, 11) is -3.20. The van der Waals surface area contributed by atoms with Crippen molar-refractivity contribution in [3.8, 4) is 0 Å². The molecule has 0 N–H and O–H groups in total. The van der Waals surface area contributed by atoms with Gasteiger partial charge < -0.3 is 4.18 Å². The van der Waals surface area contributed by atoms with Crippen molar-refractivity contribution in [1.82, 2.24) is 0 Å². The van der Waals surface area contributed by atoms with E-state index in [2.05, 4.69) is 0 Å². The molecule has 3 rings (SSSR count). The molecule has 0 saturated heterocycles. The zero-order valence-electron chi connectivity index (χ0n) is 14.8. The van der Waals surface area contributed by atoms with Gasteiger partial charge in [0.1, 0.15) is 0 Å². The minimum absolute atomic E-state index is 0.309. The SMILES string of the molecule is O=C(OS(c1ccccc1)(c1ccccc1)c1ccccc1)C(F)(F)C(F)(F)F. The first-order chi connectivity index (χ1) is 13.7. The number of benzene rings is 3. The van der Waals surface area contributed by atoms with Gasteiger partial charge in [0.15, 0.2) is 0 Å². The lowest BCUT2D eigenvalue weighted by molar-refractivity contribution is -0.276. The van der Waals surface area contributed by atoms with Crippen LogP contribution in [-0.4, -0.2) is 18.1 Å². The van der Waals surface area contributed by atoms with Gasteiger partial charge in [0.05, 0.1) is 0 Å². The van der Waals surface area contributed by atoms with Crippen molar-refractivity contribution in [2.75, 3.05) is 0 Å². The Kier molecular flexibility index (Phi) is 5.66. The average Bonchev–Trinajstić information content (AvgIpc) is 2.73. The first-order valence-electron chi connectivity index (χ1n) is 8.36. The Bertz CT molecular complexity index is 864. The Labute approximate surface area is 165 Å². The molecule has 8 heteroatoms. The quantitative estimate of drug-likeness (QED) is 0.429. The minimum Gasteiger partial charge on any atom is -0.397 e. The molecule has 152 valence electrons. The molecule has 0 fully saturated rings. The lowest BCUT2D eigenvalue weighted by Crippen LogP contribution is -2.45. The highest BCUT2D eigenvalue weighted by Crippen LogP contribution is 2.69. The smallest absolute Gasteiger partial charge is 0.397 e. The van der Waals surface area contributed by atoms with Crippen molar-refractivity contribution in [2.45, 2.75) is 26.8 Å². The molecule has 0 amide bonds. The maximum Gasteiger partial charge on any atom is 0.465 e. The van der Waals surface area contributed by atoms with Crippen LogP contribution < -0.4 is 0 Å². The zero-order chi connectivity index (χ0) is 21.1. The van der Waals surface area contributed by atoms with Crippen LogP contribution in [0.15, 0.2) is 106 Å². The number of hydrogen-bond donors (Lipinski definition) is 0. The fourth-order valence-electron chi connectivity index (χ4n) is 2.67. The maximum atomic E-state index is 13.8. The zero-order valence-corrected chi connectivity index (χ0v) is 15.6. The van der Waals surface area contributed by atoms with Crippen molar-refractivity contribution in [1.29, 1.82) is 0 Å². The first kappa shape index (κ1) is 20.9. The van der Waals surface area contributed by atoms with Gasteiger partial charge in [-0.1, -0.05) is 54.6 Å². The molecule has 0 radical (unpaired) electrons. The van der Waals surface area contributed by atoms with Gasteiger partial charge in [0.25, 0.3) is 0 Å². The van der Waals surface area contributed by atoms with Gasteiger partial charge in [-0.25, -0.2) is 4.79 Å². The Morgan fingerprint density at radius 3 is 1.21 bits per heavy atom. The van der Waals surface area contributed by atoms with Gasteiger partial charge in [-0.2, -0.15) is 22.0 Å². The van der Waals surface area contributed by atoms with E-state index in [1.54, 1.807) is 54.6 Å². The molecule has 0 heterocycles. The van der Waals surface area contributed by atoms with Crippen molar-refractivity contribution >= 4 is 16.3 Å². The highest BCUT2D eigenvalue weighted by atomic mass is 32.3. The van der Waals surface area contributed by atoms with E-state index in [-0.39, 0.29) is 0 Å². The maximum absolute atomic E-state index is 13.8. The molecule has 0 bridgehead atoms. The molecule has 3 aromatic rings. The predicted molar refractivity (Wildman–Crippen MR) is 98.8 cm³/mol. The van der Waals surface area contributed by atoms with Crippen LogP contribution in [0.2, 0.25) is 0 Å². The Hall–Kier alpha value is -2.87. The summed E-state index contributed by atoms with van der Waals surface area (Å²) in [5.74, 6) is -8.29. The largest absolute Gasteiger partial charge is 0.465 e. The molecule has 0 aliphatic heterocycles. The minimum atomic E-state index is -6.07. The van der Waals surface area contributed by atoms with E-state index in [1.807, 2.05) is 0 Å². The van der Waals surface area contributed by atoms with Crippen LogP contribution in [0.3, 0.4) is 0 Å². The van der Waals surface area contributed by atoms with Crippen molar-refractivity contribution in [3.63, 3.8) is 0 Å². The van der Waals surface area contributed by atoms with Crippen LogP contribution in [0.25, 0.3) is 0 Å². The number of carbonyl (C=O) groups excluding carboxylic acids is 1.